The highest BCUT2D eigenvalue weighted by molar-refractivity contribution is 7.14. The van der Waals surface area contributed by atoms with Gasteiger partial charge in [-0.15, -0.1) is 11.3 Å². The number of hydrogen-bond donors (Lipinski definition) is 1. The molecule has 0 unspecified atom stereocenters. The molecule has 2 rings (SSSR count). The van der Waals surface area contributed by atoms with E-state index in [0.717, 1.165) is 17.4 Å². The Morgan fingerprint density at radius 1 is 1.48 bits per heavy atom. The van der Waals surface area contributed by atoms with Gasteiger partial charge >= 0.3 is 0 Å². The van der Waals surface area contributed by atoms with E-state index in [1.165, 1.54) is 11.3 Å². The quantitative estimate of drug-likeness (QED) is 0.799. The Morgan fingerprint density at radius 2 is 2.29 bits per heavy atom. The lowest BCUT2D eigenvalue weighted by Gasteiger charge is -2.09. The fourth-order valence-corrected chi connectivity index (χ4v) is 2.75. The molecule has 0 fully saturated rings. The number of pyridine rings is 1. The normalized spacial score (nSPS) is 11.0. The number of nitrogens with zero attached hydrogens (tertiary/aromatic N) is 2. The monoisotopic (exact) mass is 307 g/mol. The Bertz CT molecular complexity index is 634. The summed E-state index contributed by atoms with van der Waals surface area (Å²) in [4.78, 5) is 16.9. The van der Waals surface area contributed by atoms with Gasteiger partial charge in [-0.3, -0.25) is 4.79 Å². The predicted molar refractivity (Wildman–Crippen MR) is 87.0 cm³/mol. The highest BCUT2D eigenvalue weighted by Crippen LogP contribution is 2.22. The van der Waals surface area contributed by atoms with Crippen LogP contribution in [0.3, 0.4) is 0 Å². The van der Waals surface area contributed by atoms with Crippen molar-refractivity contribution in [2.45, 2.75) is 20.4 Å². The Morgan fingerprint density at radius 3 is 3.00 bits per heavy atom. The number of ether oxygens (including phenoxy) is 1. The third-order valence-electron chi connectivity index (χ3n) is 2.94. The van der Waals surface area contributed by atoms with Crippen LogP contribution in [0, 0.1) is 5.92 Å². The van der Waals surface area contributed by atoms with E-state index in [0.29, 0.717) is 24.6 Å². The van der Waals surface area contributed by atoms with Crippen molar-refractivity contribution in [1.82, 2.24) is 9.55 Å². The van der Waals surface area contributed by atoms with Crippen LogP contribution in [0.5, 0.6) is 0 Å². The van der Waals surface area contributed by atoms with Gasteiger partial charge in [0.1, 0.15) is 0 Å². The Kier molecular flexibility index (Phi) is 5.52. The van der Waals surface area contributed by atoms with Gasteiger partial charge in [-0.1, -0.05) is 13.8 Å². The molecule has 0 amide bonds. The summed E-state index contributed by atoms with van der Waals surface area (Å²) in [7, 11) is 1.66. The number of aromatic nitrogens is 2. The van der Waals surface area contributed by atoms with Crippen LogP contribution in [0.2, 0.25) is 0 Å². The lowest BCUT2D eigenvalue weighted by atomic mass is 10.2. The molecule has 0 atom stereocenters. The van der Waals surface area contributed by atoms with E-state index in [2.05, 4.69) is 24.1 Å². The molecule has 2 heterocycles. The van der Waals surface area contributed by atoms with Gasteiger partial charge in [0.15, 0.2) is 5.13 Å². The van der Waals surface area contributed by atoms with Crippen molar-refractivity contribution in [3.63, 3.8) is 0 Å². The molecule has 0 aliphatic carbocycles. The van der Waals surface area contributed by atoms with E-state index in [9.17, 15) is 4.79 Å². The zero-order chi connectivity index (χ0) is 15.2. The molecule has 0 bridgehead atoms. The molecular weight excluding hydrogens is 286 g/mol. The number of hydrogen-bond acceptors (Lipinski definition) is 5. The van der Waals surface area contributed by atoms with Gasteiger partial charge in [-0.05, 0) is 18.1 Å². The van der Waals surface area contributed by atoms with Crippen molar-refractivity contribution < 1.29 is 4.74 Å². The summed E-state index contributed by atoms with van der Waals surface area (Å²) in [6.45, 7) is 6.24. The average Bonchev–Trinajstić information content (AvgIpc) is 2.90. The third-order valence-corrected chi connectivity index (χ3v) is 3.74. The van der Waals surface area contributed by atoms with Gasteiger partial charge in [0, 0.05) is 31.8 Å². The fraction of sp³-hybridized carbons (Fsp3) is 0.467. The predicted octanol–water partition coefficient (Wildman–Crippen LogP) is 2.69. The van der Waals surface area contributed by atoms with Crippen LogP contribution in [0.25, 0.3) is 11.3 Å². The first kappa shape index (κ1) is 15.7. The summed E-state index contributed by atoms with van der Waals surface area (Å²) >= 11 is 1.50. The number of anilines is 1. The van der Waals surface area contributed by atoms with Gasteiger partial charge in [0.2, 0.25) is 0 Å². The fourth-order valence-electron chi connectivity index (χ4n) is 2.01. The van der Waals surface area contributed by atoms with Gasteiger partial charge in [0.05, 0.1) is 17.9 Å². The number of methoxy groups -OCH3 is 1. The molecule has 0 aromatic carbocycles. The minimum atomic E-state index is 0.0138. The van der Waals surface area contributed by atoms with E-state index in [-0.39, 0.29) is 5.56 Å². The summed E-state index contributed by atoms with van der Waals surface area (Å²) in [5.41, 5.74) is 1.39. The molecule has 0 aliphatic rings. The molecule has 0 radical (unpaired) electrons. The Labute approximate surface area is 128 Å². The van der Waals surface area contributed by atoms with Gasteiger partial charge < -0.3 is 14.6 Å². The second kappa shape index (κ2) is 7.38. The molecule has 1 N–H and O–H groups in total. The lowest BCUT2D eigenvalue weighted by molar-refractivity contribution is 0.211. The molecule has 0 aliphatic heterocycles. The smallest absolute Gasteiger partial charge is 0.260 e. The van der Waals surface area contributed by atoms with E-state index in [1.54, 1.807) is 11.7 Å². The van der Waals surface area contributed by atoms with Crippen molar-refractivity contribution in [3.05, 3.63) is 34.1 Å². The van der Waals surface area contributed by atoms with Crippen molar-refractivity contribution in [2.24, 2.45) is 5.92 Å². The van der Waals surface area contributed by atoms with Crippen LogP contribution >= 0.6 is 11.3 Å². The lowest BCUT2D eigenvalue weighted by Crippen LogP contribution is -2.23. The first-order valence-corrected chi connectivity index (χ1v) is 7.88. The first-order chi connectivity index (χ1) is 10.1. The van der Waals surface area contributed by atoms with Crippen LogP contribution < -0.4 is 10.9 Å². The molecular formula is C15H21N3O2S. The maximum absolute atomic E-state index is 12.5. The summed E-state index contributed by atoms with van der Waals surface area (Å²) in [6.07, 6.45) is 1.83. The topological polar surface area (TPSA) is 56.1 Å². The zero-order valence-corrected chi connectivity index (χ0v) is 13.4. The van der Waals surface area contributed by atoms with Gasteiger partial charge in [0.25, 0.3) is 5.56 Å². The van der Waals surface area contributed by atoms with Gasteiger partial charge in [-0.2, -0.15) is 0 Å². The van der Waals surface area contributed by atoms with Gasteiger partial charge in [-0.25, -0.2) is 4.98 Å². The van der Waals surface area contributed by atoms with Crippen LogP contribution in [-0.4, -0.2) is 29.8 Å². The molecule has 6 heteroatoms. The average molecular weight is 307 g/mol. The van der Waals surface area contributed by atoms with Crippen molar-refractivity contribution in [3.8, 4) is 11.3 Å². The molecule has 114 valence electrons. The zero-order valence-electron chi connectivity index (χ0n) is 12.6. The molecule has 5 nitrogen and oxygen atoms in total. The molecule has 2 aromatic rings. The minimum absolute atomic E-state index is 0.0138. The minimum Gasteiger partial charge on any atom is -0.383 e. The van der Waals surface area contributed by atoms with E-state index in [1.807, 2.05) is 23.7 Å². The molecule has 0 saturated heterocycles. The van der Waals surface area contributed by atoms with Crippen molar-refractivity contribution in [2.75, 3.05) is 25.6 Å². The molecule has 0 spiro atoms. The van der Waals surface area contributed by atoms with Crippen LogP contribution in [0.1, 0.15) is 13.8 Å². The number of nitrogens with one attached hydrogen (secondary N) is 1. The summed E-state index contributed by atoms with van der Waals surface area (Å²) in [5, 5.41) is 5.89. The highest BCUT2D eigenvalue weighted by atomic mass is 32.1. The number of thiazole rings is 1. The molecule has 0 saturated carbocycles. The standard InChI is InChI=1S/C15H21N3O2S/c1-11(2)9-18-7-4-5-12(14(18)19)13-10-21-15(17-13)16-6-8-20-3/h4-5,7,10-11H,6,8-9H2,1-3H3,(H,16,17). The van der Waals surface area contributed by atoms with Crippen LogP contribution in [0.15, 0.2) is 28.5 Å². The summed E-state index contributed by atoms with van der Waals surface area (Å²) < 4.78 is 6.74. The third kappa shape index (κ3) is 4.15. The maximum atomic E-state index is 12.5. The second-order valence-corrected chi connectivity index (χ2v) is 6.09. The maximum Gasteiger partial charge on any atom is 0.260 e. The first-order valence-electron chi connectivity index (χ1n) is 7.00. The van der Waals surface area contributed by atoms with Crippen molar-refractivity contribution >= 4 is 16.5 Å². The highest BCUT2D eigenvalue weighted by Gasteiger charge is 2.10. The van der Waals surface area contributed by atoms with E-state index in [4.69, 9.17) is 4.74 Å². The van der Waals surface area contributed by atoms with E-state index >= 15 is 0 Å². The second-order valence-electron chi connectivity index (χ2n) is 5.23. The largest absolute Gasteiger partial charge is 0.383 e. The summed E-state index contributed by atoms with van der Waals surface area (Å²) in [5.74, 6) is 0.430. The number of rotatable bonds is 7. The van der Waals surface area contributed by atoms with Crippen molar-refractivity contribution in [1.29, 1.82) is 0 Å². The molecule has 2 aromatic heterocycles. The SMILES string of the molecule is COCCNc1nc(-c2cccn(CC(C)C)c2=O)cs1. The Hall–Kier alpha value is -1.66. The molecule has 21 heavy (non-hydrogen) atoms. The Balaban J connectivity index is 2.20. The summed E-state index contributed by atoms with van der Waals surface area (Å²) in [6, 6.07) is 3.73. The van der Waals surface area contributed by atoms with E-state index < -0.39 is 0 Å². The van der Waals surface area contributed by atoms with Crippen LogP contribution in [0.4, 0.5) is 5.13 Å². The van der Waals surface area contributed by atoms with Crippen LogP contribution in [-0.2, 0) is 11.3 Å².